The maximum Gasteiger partial charge on any atom is 0.228 e. The molecule has 292 valence electrons. The largest absolute Gasteiger partial charge is 0.373 e. The monoisotopic (exact) mass is 822 g/mol. The Morgan fingerprint density at radius 1 is 0.804 bits per heavy atom. The van der Waals surface area contributed by atoms with Crippen LogP contribution in [0.2, 0.25) is 0 Å². The molecule has 0 spiro atoms. The van der Waals surface area contributed by atoms with Crippen LogP contribution in [0, 0.1) is 17.8 Å². The van der Waals surface area contributed by atoms with Gasteiger partial charge in [0.25, 0.3) is 0 Å². The molecule has 3 N–H and O–H groups in total. The van der Waals surface area contributed by atoms with E-state index in [2.05, 4.69) is 83.7 Å². The molecular formula is C44H50N6O2S4. The lowest BCUT2D eigenvalue weighted by atomic mass is 10.00. The SMILES string of the molecule is CC(C)N1CCc2c(sc(NC(O)C3CC3CC(C)N3CCc4c(sc(NC(=O)C5CCCC5)c4-c4nc5ccccc5s4)C3)c2-c2nc3ccccc3s2)C1. The molecule has 2 fully saturated rings. The zero-order chi connectivity index (χ0) is 38.1. The molecule has 6 aromatic rings. The van der Waals surface area contributed by atoms with E-state index >= 15 is 0 Å². The average Bonchev–Trinajstić information content (AvgIpc) is 3.78. The quantitative estimate of drug-likeness (QED) is 0.112. The molecule has 56 heavy (non-hydrogen) atoms. The van der Waals surface area contributed by atoms with Gasteiger partial charge in [0, 0.05) is 71.0 Å². The third-order valence-corrected chi connectivity index (χ3v) is 17.2. The Morgan fingerprint density at radius 2 is 1.38 bits per heavy atom. The number of carbonyl (C=O) groups excluding carboxylic acids is 1. The molecule has 1 amide bonds. The van der Waals surface area contributed by atoms with Gasteiger partial charge in [-0.1, -0.05) is 37.1 Å². The van der Waals surface area contributed by atoms with Gasteiger partial charge in [-0.3, -0.25) is 14.6 Å². The highest BCUT2D eigenvalue weighted by molar-refractivity contribution is 7.23. The minimum absolute atomic E-state index is 0.115. The Bertz CT molecular complexity index is 2340. The van der Waals surface area contributed by atoms with Crippen molar-refractivity contribution in [3.05, 3.63) is 69.4 Å². The zero-order valence-electron chi connectivity index (χ0n) is 32.3. The van der Waals surface area contributed by atoms with Gasteiger partial charge in [-0.15, -0.1) is 45.3 Å². The topological polar surface area (TPSA) is 93.6 Å². The van der Waals surface area contributed by atoms with Crippen LogP contribution >= 0.6 is 45.3 Å². The van der Waals surface area contributed by atoms with Gasteiger partial charge in [0.15, 0.2) is 0 Å². The van der Waals surface area contributed by atoms with Crippen molar-refractivity contribution in [1.29, 1.82) is 0 Å². The van der Waals surface area contributed by atoms with Crippen LogP contribution in [0.1, 0.15) is 80.2 Å². The molecule has 0 radical (unpaired) electrons. The van der Waals surface area contributed by atoms with E-state index in [1.54, 1.807) is 34.0 Å². The van der Waals surface area contributed by atoms with E-state index in [1.165, 1.54) is 35.8 Å². The number of carbonyl (C=O) groups is 1. The first-order valence-corrected chi connectivity index (χ1v) is 23.8. The maximum absolute atomic E-state index is 13.4. The van der Waals surface area contributed by atoms with E-state index in [1.807, 2.05) is 17.4 Å². The van der Waals surface area contributed by atoms with E-state index < -0.39 is 6.23 Å². The van der Waals surface area contributed by atoms with Crippen molar-refractivity contribution in [2.45, 2.75) is 104 Å². The summed E-state index contributed by atoms with van der Waals surface area (Å²) in [5.41, 5.74) is 7.20. The van der Waals surface area contributed by atoms with Crippen LogP contribution < -0.4 is 10.6 Å². The van der Waals surface area contributed by atoms with Gasteiger partial charge in [-0.2, -0.15) is 0 Å². The highest BCUT2D eigenvalue weighted by Gasteiger charge is 2.44. The first kappa shape index (κ1) is 37.1. The predicted molar refractivity (Wildman–Crippen MR) is 235 cm³/mol. The molecule has 4 unspecified atom stereocenters. The minimum atomic E-state index is -0.589. The Kier molecular flexibility index (Phi) is 10.0. The molecule has 10 rings (SSSR count). The predicted octanol–water partition coefficient (Wildman–Crippen LogP) is 10.5. The molecule has 6 heterocycles. The van der Waals surface area contributed by atoms with E-state index in [4.69, 9.17) is 9.97 Å². The second-order valence-corrected chi connectivity index (χ2v) is 21.0. The highest BCUT2D eigenvalue weighted by atomic mass is 32.1. The van der Waals surface area contributed by atoms with Gasteiger partial charge in [0.05, 0.1) is 20.4 Å². The molecule has 4 aliphatic rings. The number of hydrogen-bond donors (Lipinski definition) is 3. The number of benzene rings is 2. The summed E-state index contributed by atoms with van der Waals surface area (Å²) in [6.07, 6.45) is 7.74. The number of para-hydroxylation sites is 2. The second kappa shape index (κ2) is 15.2. The second-order valence-electron chi connectivity index (χ2n) is 16.7. The van der Waals surface area contributed by atoms with Gasteiger partial charge < -0.3 is 15.7 Å². The average molecular weight is 823 g/mol. The van der Waals surface area contributed by atoms with Crippen molar-refractivity contribution in [2.75, 3.05) is 23.7 Å². The van der Waals surface area contributed by atoms with Crippen molar-refractivity contribution >= 4 is 81.7 Å². The number of nitrogens with zero attached hydrogens (tertiary/aromatic N) is 4. The highest BCUT2D eigenvalue weighted by Crippen LogP contribution is 2.51. The summed E-state index contributed by atoms with van der Waals surface area (Å²) >= 11 is 7.09. The summed E-state index contributed by atoms with van der Waals surface area (Å²) in [6, 6.07) is 17.7. The van der Waals surface area contributed by atoms with Crippen LogP contribution in [0.15, 0.2) is 48.5 Å². The molecular weight excluding hydrogens is 773 g/mol. The van der Waals surface area contributed by atoms with E-state index in [9.17, 15) is 9.90 Å². The normalized spacial score (nSPS) is 21.4. The van der Waals surface area contributed by atoms with Crippen LogP contribution in [0.4, 0.5) is 10.0 Å². The Hall–Kier alpha value is -3.23. The lowest BCUT2D eigenvalue weighted by Gasteiger charge is -2.33. The van der Waals surface area contributed by atoms with E-state index in [0.717, 1.165) is 114 Å². The number of anilines is 2. The molecule has 0 saturated heterocycles. The van der Waals surface area contributed by atoms with Crippen LogP contribution in [0.3, 0.4) is 0 Å². The summed E-state index contributed by atoms with van der Waals surface area (Å²) in [5, 5.41) is 22.9. The first-order valence-electron chi connectivity index (χ1n) is 20.5. The van der Waals surface area contributed by atoms with Crippen molar-refractivity contribution < 1.29 is 9.90 Å². The Labute approximate surface area is 345 Å². The lowest BCUT2D eigenvalue weighted by Crippen LogP contribution is -2.37. The number of aromatic nitrogens is 2. The molecule has 4 aromatic heterocycles. The number of thiazole rings is 2. The third-order valence-electron chi connectivity index (χ3n) is 12.8. The summed E-state index contributed by atoms with van der Waals surface area (Å²) in [7, 11) is 0. The lowest BCUT2D eigenvalue weighted by molar-refractivity contribution is -0.119. The van der Waals surface area contributed by atoms with Crippen LogP contribution in [0.25, 0.3) is 41.6 Å². The molecule has 0 bridgehead atoms. The molecule has 2 aromatic carbocycles. The number of rotatable bonds is 11. The number of aliphatic hydroxyl groups excluding tert-OH is 1. The Balaban J connectivity index is 0.842. The zero-order valence-corrected chi connectivity index (χ0v) is 35.6. The number of hydrogen-bond acceptors (Lipinski definition) is 11. The number of amides is 1. The molecule has 12 heteroatoms. The fourth-order valence-electron chi connectivity index (χ4n) is 9.42. The van der Waals surface area contributed by atoms with Crippen LogP contribution in [-0.2, 0) is 30.7 Å². The van der Waals surface area contributed by atoms with Crippen molar-refractivity contribution in [2.24, 2.45) is 17.8 Å². The molecule has 2 saturated carbocycles. The molecule has 4 atom stereocenters. The molecule has 8 nitrogen and oxygen atoms in total. The van der Waals surface area contributed by atoms with Gasteiger partial charge in [0.2, 0.25) is 5.91 Å². The number of thiophene rings is 2. The first-order chi connectivity index (χ1) is 27.3. The van der Waals surface area contributed by atoms with Gasteiger partial charge >= 0.3 is 0 Å². The van der Waals surface area contributed by atoms with Crippen LogP contribution in [-0.4, -0.2) is 62.2 Å². The molecule has 2 aliphatic heterocycles. The third kappa shape index (κ3) is 7.03. The van der Waals surface area contributed by atoms with Gasteiger partial charge in [0.1, 0.15) is 26.2 Å². The fourth-order valence-corrected chi connectivity index (χ4v) is 14.2. The van der Waals surface area contributed by atoms with Crippen LogP contribution in [0.5, 0.6) is 0 Å². The number of fused-ring (bicyclic) bond motifs is 4. The standard InChI is InChI=1S/C44H50N6O2S4/c1-24(2)49-18-16-28-35(22-49)55-44(38(28)42-46-32-13-7-9-15-34(32)54-42)48-40(52)30-21-27(30)20-25(3)50-19-17-29-36(23-50)56-43(47-39(51)26-10-4-5-11-26)37(29)41-45-31-12-6-8-14-33(31)53-41/h6-9,12-15,24-27,30,40,48,52H,4-5,10-11,16-23H2,1-3H3,(H,47,51). The van der Waals surface area contributed by atoms with Gasteiger partial charge in [-0.05, 0) is 101 Å². The summed E-state index contributed by atoms with van der Waals surface area (Å²) in [4.78, 5) is 31.5. The van der Waals surface area contributed by atoms with Crippen molar-refractivity contribution in [3.8, 4) is 21.1 Å². The maximum atomic E-state index is 13.4. The fraction of sp³-hybridized carbons (Fsp3) is 0.477. The summed E-state index contributed by atoms with van der Waals surface area (Å²) in [5.74, 6) is 1.00. The van der Waals surface area contributed by atoms with Crippen molar-refractivity contribution in [3.63, 3.8) is 0 Å². The minimum Gasteiger partial charge on any atom is -0.373 e. The summed E-state index contributed by atoms with van der Waals surface area (Å²) in [6.45, 7) is 10.8. The van der Waals surface area contributed by atoms with Gasteiger partial charge in [-0.25, -0.2) is 9.97 Å². The number of nitrogens with one attached hydrogen (secondary N) is 2. The van der Waals surface area contributed by atoms with E-state index in [0.29, 0.717) is 18.0 Å². The molecule has 2 aliphatic carbocycles. The number of aliphatic hydroxyl groups is 1. The smallest absolute Gasteiger partial charge is 0.228 e. The van der Waals surface area contributed by atoms with Crippen molar-refractivity contribution in [1.82, 2.24) is 19.8 Å². The Morgan fingerprint density at radius 3 is 2.00 bits per heavy atom. The van der Waals surface area contributed by atoms with E-state index in [-0.39, 0.29) is 17.7 Å². The summed E-state index contributed by atoms with van der Waals surface area (Å²) < 4.78 is 2.39.